The van der Waals surface area contributed by atoms with Crippen LogP contribution in [-0.2, 0) is 27.3 Å². The fraction of sp³-hybridized carbons (Fsp3) is 0.424. The van der Waals surface area contributed by atoms with Crippen molar-refractivity contribution in [3.8, 4) is 0 Å². The number of halogens is 3. The molecule has 13 heteroatoms. The van der Waals surface area contributed by atoms with Gasteiger partial charge in [0.05, 0.1) is 30.3 Å². The monoisotopic (exact) mass is 635 g/mol. The van der Waals surface area contributed by atoms with Crippen LogP contribution < -0.4 is 0 Å². The smallest absolute Gasteiger partial charge is 0.416 e. The minimum Gasteiger partial charge on any atom is -0.447 e. The third-order valence-electron chi connectivity index (χ3n) is 9.81. The quantitative estimate of drug-likeness (QED) is 0.392. The van der Waals surface area contributed by atoms with Crippen molar-refractivity contribution in [2.24, 2.45) is 16.7 Å². The molecule has 240 valence electrons. The fourth-order valence-corrected chi connectivity index (χ4v) is 7.14. The molecule has 0 radical (unpaired) electrons. The zero-order valence-electron chi connectivity index (χ0n) is 24.9. The van der Waals surface area contributed by atoms with Gasteiger partial charge in [0.25, 0.3) is 5.91 Å². The van der Waals surface area contributed by atoms with E-state index in [9.17, 15) is 32.3 Å². The van der Waals surface area contributed by atoms with Crippen LogP contribution in [0.4, 0.5) is 18.0 Å². The zero-order valence-corrected chi connectivity index (χ0v) is 24.9. The molecule has 1 spiro atoms. The van der Waals surface area contributed by atoms with Gasteiger partial charge in [-0.2, -0.15) is 18.3 Å². The Kier molecular flexibility index (Phi) is 7.17. The van der Waals surface area contributed by atoms with E-state index in [1.807, 2.05) is 60.7 Å². The average molecular weight is 636 g/mol. The Morgan fingerprint density at radius 2 is 1.54 bits per heavy atom. The van der Waals surface area contributed by atoms with Gasteiger partial charge < -0.3 is 14.5 Å². The molecule has 1 aliphatic carbocycles. The lowest BCUT2D eigenvalue weighted by molar-refractivity contribution is -0.205. The Morgan fingerprint density at radius 1 is 0.913 bits per heavy atom. The van der Waals surface area contributed by atoms with E-state index in [1.54, 1.807) is 10.9 Å². The Balaban J connectivity index is 1.13. The van der Waals surface area contributed by atoms with Crippen LogP contribution in [0.1, 0.15) is 34.3 Å². The number of hydrogen-bond acceptors (Lipinski definition) is 6. The lowest BCUT2D eigenvalue weighted by Crippen LogP contribution is -2.66. The van der Waals surface area contributed by atoms with Gasteiger partial charge in [-0.05, 0) is 30.4 Å². The Hall–Kier alpha value is -4.68. The summed E-state index contributed by atoms with van der Waals surface area (Å²) < 4.78 is 48.3. The van der Waals surface area contributed by atoms with Crippen molar-refractivity contribution in [3.05, 3.63) is 89.7 Å². The molecule has 46 heavy (non-hydrogen) atoms. The Morgan fingerprint density at radius 3 is 2.17 bits per heavy atom. The molecule has 3 aromatic rings. The fourth-order valence-electron chi connectivity index (χ4n) is 7.14. The van der Waals surface area contributed by atoms with Crippen LogP contribution in [0.2, 0.25) is 0 Å². The number of carbonyl (C=O) groups is 4. The predicted octanol–water partition coefficient (Wildman–Crippen LogP) is 3.76. The van der Waals surface area contributed by atoms with Crippen LogP contribution in [-0.4, -0.2) is 93.3 Å². The molecule has 2 atom stereocenters. The van der Waals surface area contributed by atoms with Gasteiger partial charge in [-0.3, -0.25) is 19.1 Å². The van der Waals surface area contributed by atoms with Gasteiger partial charge in [-0.15, -0.1) is 0 Å². The van der Waals surface area contributed by atoms with E-state index >= 15 is 0 Å². The van der Waals surface area contributed by atoms with Gasteiger partial charge in [0, 0.05) is 37.8 Å². The van der Waals surface area contributed by atoms with Gasteiger partial charge >= 0.3 is 12.3 Å². The second-order valence-corrected chi connectivity index (χ2v) is 12.9. The summed E-state index contributed by atoms with van der Waals surface area (Å²) >= 11 is 0. The average Bonchev–Trinajstić information content (AvgIpc) is 3.37. The number of ether oxygens (including phenoxy) is 1. The van der Waals surface area contributed by atoms with Crippen molar-refractivity contribution in [1.29, 1.82) is 0 Å². The van der Waals surface area contributed by atoms with Crippen molar-refractivity contribution < 1.29 is 37.1 Å². The van der Waals surface area contributed by atoms with Crippen molar-refractivity contribution in [3.63, 3.8) is 0 Å². The van der Waals surface area contributed by atoms with E-state index in [0.29, 0.717) is 18.5 Å². The first kappa shape index (κ1) is 30.0. The topological polar surface area (TPSA) is 105 Å². The summed E-state index contributed by atoms with van der Waals surface area (Å²) in [6.07, 6.45) is -2.57. The lowest BCUT2D eigenvalue weighted by Gasteiger charge is -2.51. The van der Waals surface area contributed by atoms with E-state index in [2.05, 4.69) is 5.10 Å². The predicted molar refractivity (Wildman–Crippen MR) is 156 cm³/mol. The molecule has 4 aliphatic rings. The first-order valence-corrected chi connectivity index (χ1v) is 15.3. The summed E-state index contributed by atoms with van der Waals surface area (Å²) in [6, 6.07) is 18.3. The number of likely N-dealkylation sites (tertiary alicyclic amines) is 2. The number of nitrogens with zero attached hydrogens (tertiary/aromatic N) is 5. The zero-order chi connectivity index (χ0) is 32.3. The number of alkyl halides is 3. The minimum atomic E-state index is -4.66. The van der Waals surface area contributed by atoms with Gasteiger partial charge in [-0.1, -0.05) is 60.7 Å². The molecule has 0 N–H and O–H groups in total. The van der Waals surface area contributed by atoms with Crippen LogP contribution >= 0.6 is 0 Å². The highest BCUT2D eigenvalue weighted by molar-refractivity contribution is 5.98. The number of amides is 4. The van der Waals surface area contributed by atoms with Crippen LogP contribution in [0.5, 0.6) is 0 Å². The van der Waals surface area contributed by atoms with Crippen LogP contribution in [0, 0.1) is 16.7 Å². The summed E-state index contributed by atoms with van der Waals surface area (Å²) in [5.74, 6) is -2.86. The van der Waals surface area contributed by atoms with Crippen molar-refractivity contribution in [2.45, 2.75) is 38.0 Å². The molecule has 1 aromatic heterocycles. The molecule has 3 aliphatic heterocycles. The summed E-state index contributed by atoms with van der Waals surface area (Å²) in [7, 11) is 0. The van der Waals surface area contributed by atoms with Gasteiger partial charge in [0.15, 0.2) is 0 Å². The van der Waals surface area contributed by atoms with Crippen molar-refractivity contribution >= 4 is 23.8 Å². The normalized spacial score (nSPS) is 22.9. The summed E-state index contributed by atoms with van der Waals surface area (Å²) in [6.45, 7) is 0.182. The van der Waals surface area contributed by atoms with E-state index in [1.165, 1.54) is 11.1 Å². The van der Waals surface area contributed by atoms with Gasteiger partial charge in [0.1, 0.15) is 12.0 Å². The number of rotatable bonds is 7. The molecule has 3 saturated heterocycles. The third kappa shape index (κ3) is 5.11. The number of benzene rings is 2. The highest BCUT2D eigenvalue weighted by atomic mass is 19.4. The highest BCUT2D eigenvalue weighted by Crippen LogP contribution is 2.60. The number of carbonyl (C=O) groups excluding carboxylic acids is 4. The SMILES string of the molecule is O=C(c1cnn(Cc2ccccc2)c1)N1C[C@@H](C(=O)N2C(=O)OC[C@@H]2Cc2ccccc2)C2(C1)CN(C(=O)C1(C(F)(F)F)CC1)C2. The highest BCUT2D eigenvalue weighted by Gasteiger charge is 2.72. The molecule has 2 aromatic carbocycles. The largest absolute Gasteiger partial charge is 0.447 e. The van der Waals surface area contributed by atoms with E-state index in [-0.39, 0.29) is 45.6 Å². The van der Waals surface area contributed by atoms with Gasteiger partial charge in [0.2, 0.25) is 11.8 Å². The molecular formula is C33H32F3N5O5. The van der Waals surface area contributed by atoms with Crippen LogP contribution in [0.3, 0.4) is 0 Å². The van der Waals surface area contributed by atoms with Crippen molar-refractivity contribution in [2.75, 3.05) is 32.8 Å². The van der Waals surface area contributed by atoms with Crippen molar-refractivity contribution in [1.82, 2.24) is 24.5 Å². The molecular weight excluding hydrogens is 603 g/mol. The third-order valence-corrected chi connectivity index (χ3v) is 9.81. The number of aromatic nitrogens is 2. The number of hydrogen-bond donors (Lipinski definition) is 0. The first-order valence-electron chi connectivity index (χ1n) is 15.3. The molecule has 10 nitrogen and oxygen atoms in total. The first-order chi connectivity index (χ1) is 22.0. The molecule has 4 heterocycles. The van der Waals surface area contributed by atoms with E-state index in [0.717, 1.165) is 20.9 Å². The molecule has 0 bridgehead atoms. The molecule has 1 saturated carbocycles. The number of imide groups is 1. The van der Waals surface area contributed by atoms with E-state index in [4.69, 9.17) is 4.74 Å². The molecule has 4 fully saturated rings. The second-order valence-electron chi connectivity index (χ2n) is 12.9. The minimum absolute atomic E-state index is 0.00114. The van der Waals surface area contributed by atoms with E-state index < -0.39 is 52.8 Å². The maximum absolute atomic E-state index is 14.2. The van der Waals surface area contributed by atoms with Crippen LogP contribution in [0.25, 0.3) is 0 Å². The van der Waals surface area contributed by atoms with Gasteiger partial charge in [-0.25, -0.2) is 9.69 Å². The molecule has 0 unspecified atom stereocenters. The van der Waals surface area contributed by atoms with Crippen LogP contribution in [0.15, 0.2) is 73.1 Å². The Labute approximate surface area is 262 Å². The molecule has 4 amide bonds. The Bertz CT molecular complexity index is 1670. The number of cyclic esters (lactones) is 1. The standard InChI is InChI=1S/C33H32F3N5O5/c34-33(35,36)32(11-12-32)29(44)39-20-31(21-39)19-38(27(42)24-14-37-40(16-24)15-23-9-5-2-6-10-23)17-26(31)28(43)41-25(18-46-30(41)45)13-22-7-3-1-4-8-22/h1-10,14,16,25-26H,11-13,15,17-21H2/t25-,26-/m0/s1. The maximum atomic E-state index is 14.2. The second kappa shape index (κ2) is 11.0. The summed E-state index contributed by atoms with van der Waals surface area (Å²) in [4.78, 5) is 57.7. The maximum Gasteiger partial charge on any atom is 0.416 e. The summed E-state index contributed by atoms with van der Waals surface area (Å²) in [5, 5.41) is 4.32. The summed E-state index contributed by atoms with van der Waals surface area (Å²) in [5.41, 5.74) is -1.21. The lowest BCUT2D eigenvalue weighted by atomic mass is 9.70. The molecule has 7 rings (SSSR count).